The Labute approximate surface area is 164 Å². The molecule has 0 radical (unpaired) electrons. The van der Waals surface area contributed by atoms with E-state index in [-0.39, 0.29) is 35.6 Å². The first-order valence-corrected chi connectivity index (χ1v) is 10.5. The molecule has 0 spiro atoms. The van der Waals surface area contributed by atoms with Crippen LogP contribution in [0, 0.1) is 12.8 Å². The van der Waals surface area contributed by atoms with E-state index in [0.717, 1.165) is 5.69 Å². The predicted octanol–water partition coefficient (Wildman–Crippen LogP) is 1.97. The average molecular weight is 404 g/mol. The van der Waals surface area contributed by atoms with Crippen LogP contribution in [-0.4, -0.2) is 47.3 Å². The normalized spacial score (nSPS) is 16.1. The lowest BCUT2D eigenvalue weighted by molar-refractivity contribution is -0.121. The molecular formula is C19H24N4O4S. The standard InChI is InChI=1S/C19H24N4O4S/c1-13-12-18(22(3)21-13)20-19(25)16-8-10-23(11-9-16)28(26,27)17-6-4-15(5-7-17)14(2)24/h4-7,12,16H,8-11H2,1-3H3,(H,20,25). The SMILES string of the molecule is CC(=O)c1ccc(S(=O)(=O)N2CCC(C(=O)Nc3cc(C)nn3C)CC2)cc1. The van der Waals surface area contributed by atoms with E-state index in [0.29, 0.717) is 24.2 Å². The van der Waals surface area contributed by atoms with E-state index in [4.69, 9.17) is 0 Å². The number of piperidine rings is 1. The number of aromatic nitrogens is 2. The van der Waals surface area contributed by atoms with E-state index in [1.807, 2.05) is 6.92 Å². The number of benzene rings is 1. The van der Waals surface area contributed by atoms with Crippen LogP contribution in [-0.2, 0) is 21.9 Å². The number of anilines is 1. The maximum absolute atomic E-state index is 12.8. The molecule has 1 aliphatic heterocycles. The smallest absolute Gasteiger partial charge is 0.243 e. The van der Waals surface area contributed by atoms with Crippen LogP contribution in [0.15, 0.2) is 35.2 Å². The topological polar surface area (TPSA) is 101 Å². The predicted molar refractivity (Wildman–Crippen MR) is 105 cm³/mol. The van der Waals surface area contributed by atoms with Gasteiger partial charge >= 0.3 is 0 Å². The van der Waals surface area contributed by atoms with Gasteiger partial charge in [0.25, 0.3) is 0 Å². The Kier molecular flexibility index (Phi) is 5.66. The summed E-state index contributed by atoms with van der Waals surface area (Å²) in [4.78, 5) is 24.0. The molecule has 0 saturated carbocycles. The number of nitrogens with one attached hydrogen (secondary N) is 1. The molecule has 8 nitrogen and oxygen atoms in total. The van der Waals surface area contributed by atoms with Gasteiger partial charge in [0.1, 0.15) is 5.82 Å². The zero-order chi connectivity index (χ0) is 20.5. The van der Waals surface area contributed by atoms with Crippen molar-refractivity contribution in [2.45, 2.75) is 31.6 Å². The molecule has 9 heteroatoms. The molecule has 2 heterocycles. The molecule has 1 fully saturated rings. The first kappa shape index (κ1) is 20.2. The Morgan fingerprint density at radius 2 is 1.75 bits per heavy atom. The summed E-state index contributed by atoms with van der Waals surface area (Å²) in [6.07, 6.45) is 0.904. The number of amides is 1. The Morgan fingerprint density at radius 3 is 2.25 bits per heavy atom. The molecule has 0 bridgehead atoms. The van der Waals surface area contributed by atoms with Crippen LogP contribution in [0.4, 0.5) is 5.82 Å². The number of hydrogen-bond acceptors (Lipinski definition) is 5. The van der Waals surface area contributed by atoms with Crippen LogP contribution >= 0.6 is 0 Å². The number of carbonyl (C=O) groups is 2. The van der Waals surface area contributed by atoms with Crippen LogP contribution in [0.1, 0.15) is 35.8 Å². The summed E-state index contributed by atoms with van der Waals surface area (Å²) in [7, 11) is -1.88. The van der Waals surface area contributed by atoms with Gasteiger partial charge in [0.15, 0.2) is 5.78 Å². The summed E-state index contributed by atoms with van der Waals surface area (Å²) in [5, 5.41) is 7.06. The van der Waals surface area contributed by atoms with Crippen LogP contribution < -0.4 is 5.32 Å². The number of Topliss-reactive ketones (excluding diaryl/α,β-unsaturated/α-hetero) is 1. The Morgan fingerprint density at radius 1 is 1.14 bits per heavy atom. The molecule has 1 saturated heterocycles. The van der Waals surface area contributed by atoms with Crippen molar-refractivity contribution < 1.29 is 18.0 Å². The summed E-state index contributed by atoms with van der Waals surface area (Å²) in [5.74, 6) is 0.148. The lowest BCUT2D eigenvalue weighted by atomic mass is 9.97. The number of carbonyl (C=O) groups excluding carboxylic acids is 2. The van der Waals surface area contributed by atoms with Crippen molar-refractivity contribution >= 4 is 27.5 Å². The van der Waals surface area contributed by atoms with Crippen molar-refractivity contribution in [1.82, 2.24) is 14.1 Å². The van der Waals surface area contributed by atoms with Gasteiger partial charge in [-0.3, -0.25) is 14.3 Å². The van der Waals surface area contributed by atoms with Crippen LogP contribution in [0.5, 0.6) is 0 Å². The van der Waals surface area contributed by atoms with Crippen LogP contribution in [0.3, 0.4) is 0 Å². The highest BCUT2D eigenvalue weighted by Crippen LogP contribution is 2.25. The monoisotopic (exact) mass is 404 g/mol. The van der Waals surface area contributed by atoms with Gasteiger partial charge in [-0.1, -0.05) is 12.1 Å². The van der Waals surface area contributed by atoms with Gasteiger partial charge in [-0.15, -0.1) is 0 Å². The lowest BCUT2D eigenvalue weighted by Crippen LogP contribution is -2.41. The number of rotatable bonds is 5. The Balaban J connectivity index is 1.63. The molecule has 3 rings (SSSR count). The van der Waals surface area contributed by atoms with Crippen molar-refractivity contribution in [3.05, 3.63) is 41.6 Å². The van der Waals surface area contributed by atoms with Gasteiger partial charge in [0, 0.05) is 37.7 Å². The lowest BCUT2D eigenvalue weighted by Gasteiger charge is -2.30. The van der Waals surface area contributed by atoms with Gasteiger partial charge in [0.2, 0.25) is 15.9 Å². The molecule has 0 atom stereocenters. The quantitative estimate of drug-likeness (QED) is 0.768. The Bertz CT molecular complexity index is 987. The van der Waals surface area contributed by atoms with E-state index in [9.17, 15) is 18.0 Å². The molecule has 28 heavy (non-hydrogen) atoms. The minimum absolute atomic E-state index is 0.112. The largest absolute Gasteiger partial charge is 0.311 e. The summed E-state index contributed by atoms with van der Waals surface area (Å²) in [5.41, 5.74) is 1.29. The van der Waals surface area contributed by atoms with Gasteiger partial charge in [-0.25, -0.2) is 8.42 Å². The molecule has 1 aromatic carbocycles. The molecule has 1 amide bonds. The minimum atomic E-state index is -3.64. The van der Waals surface area contributed by atoms with Crippen molar-refractivity contribution in [3.63, 3.8) is 0 Å². The number of hydrogen-bond donors (Lipinski definition) is 1. The van der Waals surface area contributed by atoms with Crippen LogP contribution in [0.2, 0.25) is 0 Å². The van der Waals surface area contributed by atoms with E-state index < -0.39 is 10.0 Å². The van der Waals surface area contributed by atoms with Gasteiger partial charge in [0.05, 0.1) is 10.6 Å². The summed E-state index contributed by atoms with van der Waals surface area (Å²) >= 11 is 0. The first-order chi connectivity index (χ1) is 13.2. The van der Waals surface area contributed by atoms with E-state index >= 15 is 0 Å². The van der Waals surface area contributed by atoms with E-state index in [2.05, 4.69) is 10.4 Å². The second kappa shape index (κ2) is 7.84. The molecule has 0 unspecified atom stereocenters. The minimum Gasteiger partial charge on any atom is -0.311 e. The van der Waals surface area contributed by atoms with Gasteiger partial charge in [-0.05, 0) is 38.8 Å². The van der Waals surface area contributed by atoms with Crippen molar-refractivity contribution in [2.75, 3.05) is 18.4 Å². The summed E-state index contributed by atoms with van der Waals surface area (Å²) in [6, 6.07) is 7.74. The molecule has 1 aliphatic rings. The van der Waals surface area contributed by atoms with Gasteiger partial charge in [-0.2, -0.15) is 9.40 Å². The fourth-order valence-electron chi connectivity index (χ4n) is 3.32. The highest BCUT2D eigenvalue weighted by atomic mass is 32.2. The molecule has 1 N–H and O–H groups in total. The number of aryl methyl sites for hydroxylation is 2. The van der Waals surface area contributed by atoms with E-state index in [1.165, 1.54) is 35.5 Å². The second-order valence-corrected chi connectivity index (χ2v) is 8.98. The van der Waals surface area contributed by atoms with Crippen LogP contribution in [0.25, 0.3) is 0 Å². The summed E-state index contributed by atoms with van der Waals surface area (Å²) in [6.45, 7) is 3.84. The number of ketones is 1. The number of nitrogens with zero attached hydrogens (tertiary/aromatic N) is 3. The van der Waals surface area contributed by atoms with Gasteiger partial charge < -0.3 is 5.32 Å². The molecule has 1 aromatic heterocycles. The fourth-order valence-corrected chi connectivity index (χ4v) is 4.79. The first-order valence-electron chi connectivity index (χ1n) is 9.11. The average Bonchev–Trinajstić information content (AvgIpc) is 2.98. The maximum Gasteiger partial charge on any atom is 0.243 e. The highest BCUT2D eigenvalue weighted by Gasteiger charge is 2.32. The summed E-state index contributed by atoms with van der Waals surface area (Å²) < 4.78 is 28.6. The second-order valence-electron chi connectivity index (χ2n) is 7.04. The van der Waals surface area contributed by atoms with Crippen molar-refractivity contribution in [2.24, 2.45) is 13.0 Å². The maximum atomic E-state index is 12.8. The van der Waals surface area contributed by atoms with E-state index in [1.54, 1.807) is 17.8 Å². The Hall–Kier alpha value is -2.52. The van der Waals surface area contributed by atoms with Crippen molar-refractivity contribution in [1.29, 1.82) is 0 Å². The fraction of sp³-hybridized carbons (Fsp3) is 0.421. The number of sulfonamides is 1. The highest BCUT2D eigenvalue weighted by molar-refractivity contribution is 7.89. The molecule has 2 aromatic rings. The molecular weight excluding hydrogens is 380 g/mol. The zero-order valence-corrected chi connectivity index (χ0v) is 17.0. The molecule has 150 valence electrons. The third-order valence-corrected chi connectivity index (χ3v) is 6.89. The third kappa shape index (κ3) is 4.15. The zero-order valence-electron chi connectivity index (χ0n) is 16.2. The van der Waals surface area contributed by atoms with Crippen molar-refractivity contribution in [3.8, 4) is 0 Å². The third-order valence-electron chi connectivity index (χ3n) is 4.98. The molecule has 0 aliphatic carbocycles.